The molecule has 0 radical (unpaired) electrons. The van der Waals surface area contributed by atoms with Gasteiger partial charge in [-0.05, 0) is 25.0 Å². The van der Waals surface area contributed by atoms with Crippen molar-refractivity contribution in [2.24, 2.45) is 0 Å². The Morgan fingerprint density at radius 3 is 2.71 bits per heavy atom. The summed E-state index contributed by atoms with van der Waals surface area (Å²) in [6, 6.07) is 5.06. The molecule has 3 nitrogen and oxygen atoms in total. The van der Waals surface area contributed by atoms with E-state index in [-0.39, 0.29) is 18.1 Å². The fourth-order valence-electron chi connectivity index (χ4n) is 1.35. The number of hydrogen-bond acceptors (Lipinski definition) is 3. The molecule has 2 N–H and O–H groups in total. The van der Waals surface area contributed by atoms with E-state index in [1.165, 1.54) is 13.0 Å². The highest BCUT2D eigenvalue weighted by atomic mass is 16.3. The SMILES string of the molecule is CC(=O)CCc1cccc(O)c1CO. The lowest BCUT2D eigenvalue weighted by Gasteiger charge is -2.07. The fourth-order valence-corrected chi connectivity index (χ4v) is 1.35. The van der Waals surface area contributed by atoms with Crippen LogP contribution in [0.1, 0.15) is 24.5 Å². The molecule has 0 aliphatic heterocycles. The molecule has 0 heterocycles. The molecule has 0 amide bonds. The molecule has 0 aliphatic rings. The highest BCUT2D eigenvalue weighted by Gasteiger charge is 2.06. The van der Waals surface area contributed by atoms with Crippen molar-refractivity contribution in [3.63, 3.8) is 0 Å². The first-order chi connectivity index (χ1) is 6.65. The second-order valence-electron chi connectivity index (χ2n) is 3.27. The molecular formula is C11H14O3. The van der Waals surface area contributed by atoms with Gasteiger partial charge < -0.3 is 15.0 Å². The van der Waals surface area contributed by atoms with E-state index >= 15 is 0 Å². The van der Waals surface area contributed by atoms with Crippen molar-refractivity contribution < 1.29 is 15.0 Å². The smallest absolute Gasteiger partial charge is 0.130 e. The number of benzene rings is 1. The summed E-state index contributed by atoms with van der Waals surface area (Å²) in [6.07, 6.45) is 1.01. The minimum absolute atomic E-state index is 0.0913. The molecular weight excluding hydrogens is 180 g/mol. The predicted octanol–water partition coefficient (Wildman–Crippen LogP) is 1.41. The Balaban J connectivity index is 2.85. The Morgan fingerprint density at radius 1 is 1.43 bits per heavy atom. The van der Waals surface area contributed by atoms with Gasteiger partial charge in [0.25, 0.3) is 0 Å². The molecule has 3 heteroatoms. The molecule has 0 spiro atoms. The van der Waals surface area contributed by atoms with Crippen molar-refractivity contribution in [2.75, 3.05) is 0 Å². The van der Waals surface area contributed by atoms with Gasteiger partial charge in [0.15, 0.2) is 0 Å². The summed E-state index contributed by atoms with van der Waals surface area (Å²) < 4.78 is 0. The summed E-state index contributed by atoms with van der Waals surface area (Å²) in [7, 11) is 0. The molecule has 0 atom stereocenters. The van der Waals surface area contributed by atoms with Crippen LogP contribution in [0.3, 0.4) is 0 Å². The third kappa shape index (κ3) is 2.57. The summed E-state index contributed by atoms with van der Waals surface area (Å²) in [6.45, 7) is 1.33. The van der Waals surface area contributed by atoms with Crippen molar-refractivity contribution in [1.82, 2.24) is 0 Å². The minimum atomic E-state index is -0.195. The zero-order chi connectivity index (χ0) is 10.6. The van der Waals surface area contributed by atoms with Crippen LogP contribution in [0.5, 0.6) is 5.75 Å². The molecule has 0 saturated carbocycles. The summed E-state index contributed by atoms with van der Waals surface area (Å²) in [5, 5.41) is 18.4. The van der Waals surface area contributed by atoms with Gasteiger partial charge in [-0.1, -0.05) is 12.1 Å². The lowest BCUT2D eigenvalue weighted by Crippen LogP contribution is -1.98. The lowest BCUT2D eigenvalue weighted by atomic mass is 10.0. The van der Waals surface area contributed by atoms with Crippen LogP contribution < -0.4 is 0 Å². The van der Waals surface area contributed by atoms with Crippen LogP contribution in [-0.4, -0.2) is 16.0 Å². The average Bonchev–Trinajstić information content (AvgIpc) is 2.14. The molecule has 1 rings (SSSR count). The van der Waals surface area contributed by atoms with E-state index in [1.807, 2.05) is 6.07 Å². The number of carbonyl (C=O) groups is 1. The van der Waals surface area contributed by atoms with E-state index in [0.717, 1.165) is 5.56 Å². The molecule has 0 unspecified atom stereocenters. The monoisotopic (exact) mass is 194 g/mol. The summed E-state index contributed by atoms with van der Waals surface area (Å²) >= 11 is 0. The van der Waals surface area contributed by atoms with Gasteiger partial charge >= 0.3 is 0 Å². The highest BCUT2D eigenvalue weighted by molar-refractivity contribution is 5.75. The summed E-state index contributed by atoms with van der Waals surface area (Å²) in [4.78, 5) is 10.8. The van der Waals surface area contributed by atoms with Gasteiger partial charge in [0.2, 0.25) is 0 Å². The predicted molar refractivity (Wildman–Crippen MR) is 53.0 cm³/mol. The van der Waals surface area contributed by atoms with Gasteiger partial charge in [0, 0.05) is 12.0 Å². The third-order valence-electron chi connectivity index (χ3n) is 2.15. The van der Waals surface area contributed by atoms with Crippen LogP contribution >= 0.6 is 0 Å². The number of ketones is 1. The number of hydrogen-bond donors (Lipinski definition) is 2. The van der Waals surface area contributed by atoms with Crippen molar-refractivity contribution in [2.45, 2.75) is 26.4 Å². The van der Waals surface area contributed by atoms with Crippen molar-refractivity contribution in [3.05, 3.63) is 29.3 Å². The molecule has 0 bridgehead atoms. The Kier molecular flexibility index (Phi) is 3.65. The zero-order valence-corrected chi connectivity index (χ0v) is 8.16. The van der Waals surface area contributed by atoms with E-state index in [2.05, 4.69) is 0 Å². The largest absolute Gasteiger partial charge is 0.508 e. The second kappa shape index (κ2) is 4.77. The molecule has 1 aromatic carbocycles. The minimum Gasteiger partial charge on any atom is -0.508 e. The number of carbonyl (C=O) groups excluding carboxylic acids is 1. The first-order valence-electron chi connectivity index (χ1n) is 4.55. The Bertz CT molecular complexity index is 331. The van der Waals surface area contributed by atoms with Gasteiger partial charge in [-0.3, -0.25) is 0 Å². The molecule has 0 fully saturated rings. The number of phenols is 1. The molecule has 0 aliphatic carbocycles. The first-order valence-corrected chi connectivity index (χ1v) is 4.55. The number of rotatable bonds is 4. The maximum Gasteiger partial charge on any atom is 0.130 e. The van der Waals surface area contributed by atoms with Gasteiger partial charge in [-0.2, -0.15) is 0 Å². The Labute approximate surface area is 83.0 Å². The summed E-state index contributed by atoms with van der Waals surface area (Å²) in [5.74, 6) is 0.200. The standard InChI is InChI=1S/C11H14O3/c1-8(13)5-6-9-3-2-4-11(14)10(9)7-12/h2-4,12,14H,5-7H2,1H3. The number of aromatic hydroxyl groups is 1. The first kappa shape index (κ1) is 10.7. The van der Waals surface area contributed by atoms with E-state index in [0.29, 0.717) is 18.4 Å². The number of Topliss-reactive ketones (excluding diaryl/α,β-unsaturated/α-hetero) is 1. The third-order valence-corrected chi connectivity index (χ3v) is 2.15. The number of aliphatic hydroxyl groups is 1. The van der Waals surface area contributed by atoms with Crippen LogP contribution in [0.4, 0.5) is 0 Å². The summed E-state index contributed by atoms with van der Waals surface area (Å²) in [5.41, 5.74) is 1.36. The topological polar surface area (TPSA) is 57.5 Å². The van der Waals surface area contributed by atoms with Crippen LogP contribution in [0.2, 0.25) is 0 Å². The lowest BCUT2D eigenvalue weighted by molar-refractivity contribution is -0.116. The molecule has 76 valence electrons. The normalized spacial score (nSPS) is 10.1. The highest BCUT2D eigenvalue weighted by Crippen LogP contribution is 2.21. The molecule has 1 aromatic rings. The van der Waals surface area contributed by atoms with E-state index in [9.17, 15) is 9.90 Å². The van der Waals surface area contributed by atoms with Crippen LogP contribution in [0.15, 0.2) is 18.2 Å². The van der Waals surface area contributed by atoms with Crippen LogP contribution in [0, 0.1) is 0 Å². The Morgan fingerprint density at radius 2 is 2.14 bits per heavy atom. The van der Waals surface area contributed by atoms with Gasteiger partial charge in [-0.25, -0.2) is 0 Å². The second-order valence-corrected chi connectivity index (χ2v) is 3.27. The quantitative estimate of drug-likeness (QED) is 0.761. The fraction of sp³-hybridized carbons (Fsp3) is 0.364. The van der Waals surface area contributed by atoms with Gasteiger partial charge in [-0.15, -0.1) is 0 Å². The average molecular weight is 194 g/mol. The number of aliphatic hydroxyl groups excluding tert-OH is 1. The van der Waals surface area contributed by atoms with Crippen molar-refractivity contribution in [1.29, 1.82) is 0 Å². The van der Waals surface area contributed by atoms with Crippen molar-refractivity contribution in [3.8, 4) is 5.75 Å². The van der Waals surface area contributed by atoms with Crippen LogP contribution in [-0.2, 0) is 17.8 Å². The molecule has 14 heavy (non-hydrogen) atoms. The van der Waals surface area contributed by atoms with Gasteiger partial charge in [0.1, 0.15) is 11.5 Å². The number of aryl methyl sites for hydroxylation is 1. The zero-order valence-electron chi connectivity index (χ0n) is 8.16. The van der Waals surface area contributed by atoms with E-state index in [4.69, 9.17) is 5.11 Å². The molecule has 0 aromatic heterocycles. The maximum atomic E-state index is 10.8. The van der Waals surface area contributed by atoms with Crippen molar-refractivity contribution >= 4 is 5.78 Å². The van der Waals surface area contributed by atoms with Gasteiger partial charge in [0.05, 0.1) is 6.61 Å². The van der Waals surface area contributed by atoms with Crippen LogP contribution in [0.25, 0.3) is 0 Å². The van der Waals surface area contributed by atoms with E-state index in [1.54, 1.807) is 6.07 Å². The Hall–Kier alpha value is -1.35. The van der Waals surface area contributed by atoms with E-state index < -0.39 is 0 Å². The maximum absolute atomic E-state index is 10.8. The molecule has 0 saturated heterocycles.